The fraction of sp³-hybridized carbons (Fsp3) is 0.0909. The second kappa shape index (κ2) is 7.54. The third-order valence-corrected chi connectivity index (χ3v) is 4.35. The maximum atomic E-state index is 13.3. The molecule has 0 radical (unpaired) electrons. The van der Waals surface area contributed by atoms with E-state index in [0.29, 0.717) is 16.2 Å². The van der Waals surface area contributed by atoms with Crippen molar-refractivity contribution < 1.29 is 4.79 Å². The lowest BCUT2D eigenvalue weighted by atomic mass is 9.93. The minimum absolute atomic E-state index is 0.166. The summed E-state index contributed by atoms with van der Waals surface area (Å²) in [6.07, 6.45) is 1.78. The largest absolute Gasteiger partial charge is 0.326 e. The Morgan fingerprint density at radius 2 is 1.65 bits per heavy atom. The summed E-state index contributed by atoms with van der Waals surface area (Å²) in [5.41, 5.74) is 3.24. The predicted octanol–water partition coefficient (Wildman–Crippen LogP) is 5.07. The van der Waals surface area contributed by atoms with Crippen molar-refractivity contribution in [2.75, 3.05) is 0 Å². The number of ketones is 1. The molecule has 0 fully saturated rings. The number of aryl methyl sites for hydroxylation is 2. The van der Waals surface area contributed by atoms with E-state index in [4.69, 9.17) is 11.6 Å². The third kappa shape index (κ3) is 3.84. The van der Waals surface area contributed by atoms with E-state index >= 15 is 0 Å². The van der Waals surface area contributed by atoms with Gasteiger partial charge in [-0.3, -0.25) is 9.59 Å². The summed E-state index contributed by atoms with van der Waals surface area (Å²) in [5, 5.41) is 0.626. The summed E-state index contributed by atoms with van der Waals surface area (Å²) < 4.78 is 0. The number of carbonyl (C=O) groups is 1. The lowest BCUT2D eigenvalue weighted by Gasteiger charge is -2.10. The number of allylic oxidation sites excluding steroid dienone is 1. The van der Waals surface area contributed by atoms with Crippen LogP contribution >= 0.6 is 11.6 Å². The lowest BCUT2D eigenvalue weighted by Crippen LogP contribution is -2.21. The fourth-order valence-corrected chi connectivity index (χ4v) is 3.02. The highest BCUT2D eigenvalue weighted by atomic mass is 35.5. The number of carbonyl (C=O) groups excluding carboxylic acids is 1. The van der Waals surface area contributed by atoms with Crippen LogP contribution in [0.1, 0.15) is 32.7 Å². The molecule has 1 aromatic heterocycles. The molecule has 1 heterocycles. The van der Waals surface area contributed by atoms with Gasteiger partial charge in [-0.15, -0.1) is 0 Å². The highest BCUT2D eigenvalue weighted by molar-refractivity contribution is 6.33. The monoisotopic (exact) mass is 363 g/mol. The first-order chi connectivity index (χ1) is 12.5. The average Bonchev–Trinajstić information content (AvgIpc) is 2.61. The number of aromatic nitrogens is 1. The number of rotatable bonds is 4. The summed E-state index contributed by atoms with van der Waals surface area (Å²) in [6, 6.07) is 18.4. The van der Waals surface area contributed by atoms with E-state index in [1.54, 1.807) is 38.1 Å². The van der Waals surface area contributed by atoms with Crippen molar-refractivity contribution in [3.63, 3.8) is 0 Å². The maximum Gasteiger partial charge on any atom is 0.259 e. The number of H-pyrrole nitrogens is 1. The van der Waals surface area contributed by atoms with Gasteiger partial charge in [-0.1, -0.05) is 54.1 Å². The molecule has 0 spiro atoms. The smallest absolute Gasteiger partial charge is 0.259 e. The van der Waals surface area contributed by atoms with Gasteiger partial charge in [0.2, 0.25) is 0 Å². The molecular weight excluding hydrogens is 346 g/mol. The van der Waals surface area contributed by atoms with Crippen molar-refractivity contribution in [2.24, 2.45) is 0 Å². The van der Waals surface area contributed by atoms with Gasteiger partial charge in [-0.05, 0) is 54.8 Å². The Bertz CT molecular complexity index is 1030. The van der Waals surface area contributed by atoms with Gasteiger partial charge in [0.15, 0.2) is 5.78 Å². The molecule has 0 saturated heterocycles. The molecule has 3 rings (SSSR count). The van der Waals surface area contributed by atoms with Gasteiger partial charge in [-0.2, -0.15) is 0 Å². The first-order valence-electron chi connectivity index (χ1n) is 8.23. The zero-order chi connectivity index (χ0) is 18.7. The average molecular weight is 364 g/mol. The Kier molecular flexibility index (Phi) is 5.19. The van der Waals surface area contributed by atoms with Crippen LogP contribution < -0.4 is 5.56 Å². The Labute approximate surface area is 157 Å². The number of aromatic amines is 1. The molecule has 0 saturated carbocycles. The minimum atomic E-state index is -0.370. The zero-order valence-corrected chi connectivity index (χ0v) is 15.3. The van der Waals surface area contributed by atoms with Crippen molar-refractivity contribution in [3.05, 3.63) is 104 Å². The first kappa shape index (κ1) is 17.9. The van der Waals surface area contributed by atoms with Crippen molar-refractivity contribution in [2.45, 2.75) is 13.8 Å². The minimum Gasteiger partial charge on any atom is -0.326 e. The highest BCUT2D eigenvalue weighted by Gasteiger charge is 2.20. The van der Waals surface area contributed by atoms with E-state index in [0.717, 1.165) is 16.8 Å². The number of hydrogen-bond donors (Lipinski definition) is 1. The normalized spacial score (nSPS) is 11.4. The second-order valence-electron chi connectivity index (χ2n) is 6.14. The molecule has 2 aromatic carbocycles. The molecule has 0 unspecified atom stereocenters. The van der Waals surface area contributed by atoms with Crippen molar-refractivity contribution in [1.82, 2.24) is 4.98 Å². The van der Waals surface area contributed by atoms with E-state index in [9.17, 15) is 9.59 Å². The standard InChI is InChI=1S/C22H18ClNO2/c1-14-12-15(2)24-22(26)20(14)21(25)19(17-6-4-3-5-7-17)13-16-8-10-18(23)11-9-16/h3-13H,1-2H3,(H,24,26)/b19-13+. The Balaban J connectivity index is 2.17. The molecular formula is C22H18ClNO2. The molecule has 26 heavy (non-hydrogen) atoms. The zero-order valence-electron chi connectivity index (χ0n) is 14.5. The molecule has 3 aromatic rings. The molecule has 4 heteroatoms. The van der Waals surface area contributed by atoms with Gasteiger partial charge in [0.05, 0.1) is 5.56 Å². The molecule has 130 valence electrons. The number of nitrogens with one attached hydrogen (secondary N) is 1. The molecule has 0 aliphatic carbocycles. The summed E-state index contributed by atoms with van der Waals surface area (Å²) >= 11 is 5.95. The Hall–Kier alpha value is -2.91. The Morgan fingerprint density at radius 1 is 1.00 bits per heavy atom. The highest BCUT2D eigenvalue weighted by Crippen LogP contribution is 2.24. The summed E-state index contributed by atoms with van der Waals surface area (Å²) in [4.78, 5) is 28.4. The van der Waals surface area contributed by atoms with E-state index in [1.807, 2.05) is 42.5 Å². The van der Waals surface area contributed by atoms with Crippen molar-refractivity contribution >= 4 is 29.0 Å². The van der Waals surface area contributed by atoms with Crippen molar-refractivity contribution in [1.29, 1.82) is 0 Å². The number of benzene rings is 2. The molecule has 0 aliphatic rings. The van der Waals surface area contributed by atoms with Crippen LogP contribution in [0.4, 0.5) is 0 Å². The van der Waals surface area contributed by atoms with Crippen LogP contribution in [-0.2, 0) is 0 Å². The second-order valence-corrected chi connectivity index (χ2v) is 6.58. The summed E-state index contributed by atoms with van der Waals surface area (Å²) in [6.45, 7) is 3.57. The molecule has 0 aliphatic heterocycles. The van der Waals surface area contributed by atoms with Crippen LogP contribution in [0.25, 0.3) is 11.6 Å². The maximum absolute atomic E-state index is 13.3. The van der Waals surface area contributed by atoms with E-state index in [-0.39, 0.29) is 16.9 Å². The third-order valence-electron chi connectivity index (χ3n) is 4.10. The molecule has 0 amide bonds. The fourth-order valence-electron chi connectivity index (χ4n) is 2.89. The summed E-state index contributed by atoms with van der Waals surface area (Å²) in [5.74, 6) is -0.301. The first-order valence-corrected chi connectivity index (χ1v) is 8.61. The molecule has 3 nitrogen and oxygen atoms in total. The van der Waals surface area contributed by atoms with E-state index < -0.39 is 0 Å². The van der Waals surface area contributed by atoms with Gasteiger partial charge in [0, 0.05) is 16.3 Å². The number of hydrogen-bond acceptors (Lipinski definition) is 2. The van der Waals surface area contributed by atoms with Crippen LogP contribution in [0.15, 0.2) is 65.5 Å². The van der Waals surface area contributed by atoms with E-state index in [1.165, 1.54) is 0 Å². The van der Waals surface area contributed by atoms with Crippen LogP contribution in [0.2, 0.25) is 5.02 Å². The number of halogens is 1. The number of Topliss-reactive ketones (excluding diaryl/α,β-unsaturated/α-hetero) is 1. The van der Waals surface area contributed by atoms with Gasteiger partial charge in [0.25, 0.3) is 5.56 Å². The molecule has 1 N–H and O–H groups in total. The lowest BCUT2D eigenvalue weighted by molar-refractivity contribution is 0.105. The van der Waals surface area contributed by atoms with Crippen LogP contribution in [0, 0.1) is 13.8 Å². The number of pyridine rings is 1. The van der Waals surface area contributed by atoms with Gasteiger partial charge < -0.3 is 4.98 Å². The summed E-state index contributed by atoms with van der Waals surface area (Å²) in [7, 11) is 0. The van der Waals surface area contributed by atoms with Crippen LogP contribution in [0.5, 0.6) is 0 Å². The van der Waals surface area contributed by atoms with Gasteiger partial charge >= 0.3 is 0 Å². The molecule has 0 bridgehead atoms. The molecule has 0 atom stereocenters. The van der Waals surface area contributed by atoms with Crippen molar-refractivity contribution in [3.8, 4) is 0 Å². The topological polar surface area (TPSA) is 49.9 Å². The SMILES string of the molecule is Cc1cc(C)c(C(=O)/C(=C/c2ccc(Cl)cc2)c2ccccc2)c(=O)[nH]1. The van der Waals surface area contributed by atoms with E-state index in [2.05, 4.69) is 4.98 Å². The van der Waals surface area contributed by atoms with Crippen LogP contribution in [0.3, 0.4) is 0 Å². The van der Waals surface area contributed by atoms with Gasteiger partial charge in [-0.25, -0.2) is 0 Å². The van der Waals surface area contributed by atoms with Crippen LogP contribution in [-0.4, -0.2) is 10.8 Å². The predicted molar refractivity (Wildman–Crippen MR) is 107 cm³/mol. The Morgan fingerprint density at radius 3 is 2.27 bits per heavy atom. The quantitative estimate of drug-likeness (QED) is 0.399. The van der Waals surface area contributed by atoms with Gasteiger partial charge in [0.1, 0.15) is 0 Å².